The lowest BCUT2D eigenvalue weighted by atomic mass is 9.87. The van der Waals surface area contributed by atoms with E-state index in [4.69, 9.17) is 8.83 Å². The van der Waals surface area contributed by atoms with Gasteiger partial charge in [0.2, 0.25) is 0 Å². The molecule has 19 aromatic rings. The van der Waals surface area contributed by atoms with E-state index in [-0.39, 0.29) is 11.2 Å². The first kappa shape index (κ1) is 73.8. The molecule has 0 aliphatic carbocycles. The molecule has 530 valence electrons. The van der Waals surface area contributed by atoms with Crippen LogP contribution in [-0.4, -0.2) is 0 Å². The normalized spacial score (nSPS) is 11.1. The van der Waals surface area contributed by atoms with Crippen molar-refractivity contribution in [3.63, 3.8) is 0 Å². The summed E-state index contributed by atoms with van der Waals surface area (Å²) in [6.45, 7) is 27.9. The van der Waals surface area contributed by atoms with Crippen LogP contribution < -0.4 is 0 Å². The first-order chi connectivity index (χ1) is 51.7. The Balaban J connectivity index is 0.000000112. The maximum Gasteiger partial charge on any atom is 0.143 e. The van der Waals surface area contributed by atoms with E-state index in [0.717, 1.165) is 50.0 Å². The summed E-state index contributed by atoms with van der Waals surface area (Å²) in [5.41, 5.74) is 25.6. The predicted octanol–water partition coefficient (Wildman–Crippen LogP) is 31.0. The van der Waals surface area contributed by atoms with Crippen molar-refractivity contribution >= 4 is 118 Å². The van der Waals surface area contributed by atoms with Crippen molar-refractivity contribution in [2.45, 2.75) is 95.4 Å². The molecule has 0 bridgehead atoms. The molecule has 5 heteroatoms. The van der Waals surface area contributed by atoms with Crippen LogP contribution in [0.15, 0.2) is 324 Å². The standard InChI is InChI=1S/C19H14O.C19H14S.C17H13F.C13H10O.C13H10S.C11H16.C10H14/c2*1-13-7-5-11-16-17-12-6-10-15(19(17)20-18(13)16)14-8-3-2-4-9-14;1-12-9-14(11-15(18)10-12)17-8-4-6-13-5-2-3-7-16(13)17;2*1-9-6-7-13-11(8-9)10-4-2-3-5-12(10)14-13;1-9-5-7-10(8-6-9)11(2,3)4;1-7-5-8(2)10(4)9(3)6-7/h2*2-12H,1H3;2-11H,1H3;2*2-8H,1H3;5-8H,1-4H3;5-6H,1-4H3. The Kier molecular flexibility index (Phi) is 22.7. The Morgan fingerprint density at radius 1 is 0.271 bits per heavy atom. The van der Waals surface area contributed by atoms with E-state index in [9.17, 15) is 4.39 Å². The minimum atomic E-state index is -0.182. The third-order valence-electron chi connectivity index (χ3n) is 19.8. The Bertz CT molecular complexity index is 5980. The second-order valence-corrected chi connectivity index (χ2v) is 31.2. The minimum Gasteiger partial charge on any atom is -0.456 e. The lowest BCUT2D eigenvalue weighted by Gasteiger charge is -2.18. The van der Waals surface area contributed by atoms with Gasteiger partial charge in [0.25, 0.3) is 0 Å². The zero-order valence-electron chi connectivity index (χ0n) is 63.5. The van der Waals surface area contributed by atoms with Crippen LogP contribution in [0, 0.1) is 75.1 Å². The summed E-state index contributed by atoms with van der Waals surface area (Å²) in [5.74, 6) is -0.182. The monoisotopic (exact) mass is 1430 g/mol. The molecule has 0 fully saturated rings. The number of furan rings is 2. The molecule has 0 aliphatic heterocycles. The van der Waals surface area contributed by atoms with Gasteiger partial charge >= 0.3 is 0 Å². The van der Waals surface area contributed by atoms with Crippen molar-refractivity contribution in [1.29, 1.82) is 0 Å². The van der Waals surface area contributed by atoms with Gasteiger partial charge in [-0.2, -0.15) is 0 Å². The first-order valence-corrected chi connectivity index (χ1v) is 38.4. The molecular formula is C102H91FO2S2. The van der Waals surface area contributed by atoms with Crippen molar-refractivity contribution in [2.75, 3.05) is 0 Å². The second-order valence-electron chi connectivity index (χ2n) is 29.1. The van der Waals surface area contributed by atoms with Crippen molar-refractivity contribution in [1.82, 2.24) is 0 Å². The fraction of sp³-hybridized carbons (Fsp3) is 0.137. The number of hydrogen-bond acceptors (Lipinski definition) is 4. The zero-order valence-corrected chi connectivity index (χ0v) is 65.2. The Labute approximate surface area is 637 Å². The molecule has 15 aromatic carbocycles. The van der Waals surface area contributed by atoms with Crippen LogP contribution in [0.4, 0.5) is 4.39 Å². The highest BCUT2D eigenvalue weighted by Gasteiger charge is 2.16. The highest BCUT2D eigenvalue weighted by molar-refractivity contribution is 7.26. The van der Waals surface area contributed by atoms with Crippen LogP contribution in [0.5, 0.6) is 0 Å². The lowest BCUT2D eigenvalue weighted by molar-refractivity contribution is 0.590. The van der Waals surface area contributed by atoms with E-state index in [1.807, 2.05) is 90.3 Å². The van der Waals surface area contributed by atoms with Crippen molar-refractivity contribution in [2.24, 2.45) is 0 Å². The van der Waals surface area contributed by atoms with Gasteiger partial charge in [0.1, 0.15) is 28.1 Å². The Morgan fingerprint density at radius 2 is 0.757 bits per heavy atom. The summed E-state index contributed by atoms with van der Waals surface area (Å²) in [5, 5.41) is 12.6. The van der Waals surface area contributed by atoms with Crippen LogP contribution in [0.2, 0.25) is 0 Å². The molecule has 4 heterocycles. The van der Waals surface area contributed by atoms with E-state index in [1.54, 1.807) is 12.1 Å². The molecule has 0 unspecified atom stereocenters. The largest absolute Gasteiger partial charge is 0.456 e. The molecule has 2 nitrogen and oxygen atoms in total. The third-order valence-corrected chi connectivity index (χ3v) is 22.3. The molecule has 0 saturated heterocycles. The molecular weight excluding hydrogens is 1340 g/mol. The van der Waals surface area contributed by atoms with Crippen LogP contribution in [0.1, 0.15) is 82.0 Å². The summed E-state index contributed by atoms with van der Waals surface area (Å²) in [7, 11) is 0. The number of para-hydroxylation sites is 3. The van der Waals surface area contributed by atoms with Gasteiger partial charge in [-0.1, -0.05) is 310 Å². The number of fused-ring (bicyclic) bond motifs is 13. The Hall–Kier alpha value is -11.5. The van der Waals surface area contributed by atoms with Crippen molar-refractivity contribution in [3.8, 4) is 33.4 Å². The van der Waals surface area contributed by atoms with Crippen molar-refractivity contribution < 1.29 is 13.2 Å². The van der Waals surface area contributed by atoms with E-state index in [2.05, 4.69) is 326 Å². The number of hydrogen-bond donors (Lipinski definition) is 0. The van der Waals surface area contributed by atoms with E-state index >= 15 is 0 Å². The maximum absolute atomic E-state index is 13.5. The maximum atomic E-state index is 13.5. The number of benzene rings is 15. The van der Waals surface area contributed by atoms with Gasteiger partial charge in [0.15, 0.2) is 0 Å². The molecule has 107 heavy (non-hydrogen) atoms. The molecule has 0 atom stereocenters. The molecule has 0 spiro atoms. The van der Waals surface area contributed by atoms with Gasteiger partial charge in [-0.25, -0.2) is 4.39 Å². The number of aryl methyl sites for hydroxylation is 9. The summed E-state index contributed by atoms with van der Waals surface area (Å²) in [6, 6.07) is 109. The summed E-state index contributed by atoms with van der Waals surface area (Å²) < 4.78 is 31.0. The fourth-order valence-corrected chi connectivity index (χ4v) is 16.4. The number of thiophene rings is 2. The van der Waals surface area contributed by atoms with Gasteiger partial charge in [-0.15, -0.1) is 22.7 Å². The van der Waals surface area contributed by atoms with Gasteiger partial charge < -0.3 is 8.83 Å². The molecule has 0 aliphatic rings. The van der Waals surface area contributed by atoms with Gasteiger partial charge in [0, 0.05) is 67.5 Å². The molecule has 0 amide bonds. The van der Waals surface area contributed by atoms with Gasteiger partial charge in [-0.05, 0) is 201 Å². The van der Waals surface area contributed by atoms with E-state index < -0.39 is 0 Å². The quantitative estimate of drug-likeness (QED) is 0.176. The Morgan fingerprint density at radius 3 is 1.44 bits per heavy atom. The summed E-state index contributed by atoms with van der Waals surface area (Å²) in [6.07, 6.45) is 0. The molecule has 0 saturated carbocycles. The summed E-state index contributed by atoms with van der Waals surface area (Å²) in [4.78, 5) is 0. The second kappa shape index (κ2) is 32.9. The predicted molar refractivity (Wildman–Crippen MR) is 465 cm³/mol. The number of halogens is 1. The zero-order chi connectivity index (χ0) is 74.9. The minimum absolute atomic E-state index is 0.182. The topological polar surface area (TPSA) is 26.3 Å². The van der Waals surface area contributed by atoms with Gasteiger partial charge in [0.05, 0.1) is 0 Å². The highest BCUT2D eigenvalue weighted by atomic mass is 32.1. The van der Waals surface area contributed by atoms with E-state index in [1.165, 1.54) is 140 Å². The fourth-order valence-electron chi connectivity index (χ4n) is 14.0. The average molecular weight is 1430 g/mol. The first-order valence-electron chi connectivity index (χ1n) is 36.8. The van der Waals surface area contributed by atoms with E-state index in [0.29, 0.717) is 0 Å². The van der Waals surface area contributed by atoms with Crippen LogP contribution in [-0.2, 0) is 5.41 Å². The number of rotatable bonds is 3. The lowest BCUT2D eigenvalue weighted by Crippen LogP contribution is -2.10. The molecule has 4 aromatic heterocycles. The summed E-state index contributed by atoms with van der Waals surface area (Å²) >= 11 is 3.78. The highest BCUT2D eigenvalue weighted by Crippen LogP contribution is 2.42. The molecule has 0 radical (unpaired) electrons. The third kappa shape index (κ3) is 17.1. The SMILES string of the molecule is Cc1cc(C)c(C)c(C)c1.Cc1cc(F)cc(-c2cccc3ccccc23)c1.Cc1ccc(C(C)(C)C)cc1.Cc1ccc2oc3ccccc3c2c1.Cc1ccc2sc3ccccc3c2c1.Cc1cccc2c1oc1c(-c3ccccc3)cccc12.Cc1cccc2c1sc1c(-c3ccccc3)cccc12. The average Bonchev–Trinajstić information content (AvgIpc) is 1.63. The van der Waals surface area contributed by atoms with Crippen LogP contribution >= 0.6 is 22.7 Å². The molecule has 0 N–H and O–H groups in total. The van der Waals surface area contributed by atoms with Crippen LogP contribution in [0.25, 0.3) is 128 Å². The smallest absolute Gasteiger partial charge is 0.143 e. The molecule has 19 rings (SSSR count). The van der Waals surface area contributed by atoms with Crippen LogP contribution in [0.3, 0.4) is 0 Å². The van der Waals surface area contributed by atoms with Crippen molar-refractivity contribution in [3.05, 3.63) is 382 Å². The van der Waals surface area contributed by atoms with Gasteiger partial charge in [-0.3, -0.25) is 0 Å².